The van der Waals surface area contributed by atoms with Gasteiger partial charge in [0.2, 0.25) is 0 Å². The van der Waals surface area contributed by atoms with Crippen molar-refractivity contribution in [2.75, 3.05) is 0 Å². The highest BCUT2D eigenvalue weighted by Crippen LogP contribution is 2.21. The fourth-order valence-corrected chi connectivity index (χ4v) is 3.73. The van der Waals surface area contributed by atoms with Gasteiger partial charge >= 0.3 is 10.6 Å². The maximum Gasteiger partial charge on any atom is 0.346 e. The van der Waals surface area contributed by atoms with E-state index < -0.39 is 0 Å². The topological polar surface area (TPSA) is 44.0 Å². The number of aromatic nitrogens is 2. The van der Waals surface area contributed by atoms with Crippen molar-refractivity contribution in [1.82, 2.24) is 8.52 Å². The second kappa shape index (κ2) is 6.18. The van der Waals surface area contributed by atoms with Crippen molar-refractivity contribution >= 4 is 22.3 Å². The summed E-state index contributed by atoms with van der Waals surface area (Å²) in [6, 6.07) is 21.5. The fourth-order valence-electron chi connectivity index (χ4n) is 2.90. The smallest absolute Gasteiger partial charge is 0.255 e. The van der Waals surface area contributed by atoms with Crippen LogP contribution in [0.15, 0.2) is 76.3 Å². The molecule has 0 N–H and O–H groups in total. The first-order chi connectivity index (χ1) is 12.1. The molecule has 4 aromatic rings. The molecule has 0 amide bonds. The molecule has 0 fully saturated rings. The van der Waals surface area contributed by atoms with Crippen LogP contribution in [0.5, 0.6) is 0 Å². The lowest BCUT2D eigenvalue weighted by molar-refractivity contribution is 0.723. The average molecular weight is 348 g/mol. The SMILES string of the molecule is Cc1ccc(Cn2c(=O)sn(-c3cccc4ccccc34)c2=O)cc1. The predicted molar refractivity (Wildman–Crippen MR) is 102 cm³/mol. The van der Waals surface area contributed by atoms with Crippen LogP contribution in [0.2, 0.25) is 0 Å². The second-order valence-electron chi connectivity index (χ2n) is 6.00. The number of hydrogen-bond donors (Lipinski definition) is 0. The summed E-state index contributed by atoms with van der Waals surface area (Å²) >= 11 is 0.943. The molecule has 0 spiro atoms. The molecule has 1 aromatic heterocycles. The number of benzene rings is 3. The second-order valence-corrected chi connectivity index (χ2v) is 6.90. The number of nitrogens with zero attached hydrogens (tertiary/aromatic N) is 2. The van der Waals surface area contributed by atoms with Gasteiger partial charge in [-0.1, -0.05) is 66.2 Å². The van der Waals surface area contributed by atoms with Crippen molar-refractivity contribution in [3.8, 4) is 5.69 Å². The summed E-state index contributed by atoms with van der Waals surface area (Å²) in [6.45, 7) is 2.29. The van der Waals surface area contributed by atoms with Gasteiger partial charge in [-0.15, -0.1) is 0 Å². The first kappa shape index (κ1) is 15.6. The zero-order chi connectivity index (χ0) is 17.4. The summed E-state index contributed by atoms with van der Waals surface area (Å²) in [5.41, 5.74) is 2.53. The molecule has 0 atom stereocenters. The van der Waals surface area contributed by atoms with Gasteiger partial charge in [0.1, 0.15) is 0 Å². The van der Waals surface area contributed by atoms with Gasteiger partial charge in [-0.05, 0) is 23.9 Å². The Hall–Kier alpha value is -2.92. The van der Waals surface area contributed by atoms with E-state index in [1.807, 2.05) is 73.7 Å². The summed E-state index contributed by atoms with van der Waals surface area (Å²) in [6.07, 6.45) is 0. The first-order valence-corrected chi connectivity index (χ1v) is 8.78. The van der Waals surface area contributed by atoms with Crippen molar-refractivity contribution in [1.29, 1.82) is 0 Å². The molecule has 0 radical (unpaired) electrons. The molecule has 5 heteroatoms. The lowest BCUT2D eigenvalue weighted by atomic mass is 10.1. The summed E-state index contributed by atoms with van der Waals surface area (Å²) in [4.78, 5) is 25.0. The zero-order valence-corrected chi connectivity index (χ0v) is 14.5. The minimum absolute atomic E-state index is 0.251. The van der Waals surface area contributed by atoms with Crippen LogP contribution in [0.4, 0.5) is 0 Å². The predicted octanol–water partition coefficient (Wildman–Crippen LogP) is 3.57. The standard InChI is InChI=1S/C20H16N2O2S/c1-14-9-11-15(12-10-14)13-21-19(23)22(25-20(21)24)18-8-4-6-16-5-2-3-7-17(16)18/h2-12H,13H2,1H3. The Bertz CT molecular complexity index is 1160. The van der Waals surface area contributed by atoms with E-state index in [1.165, 1.54) is 8.52 Å². The third-order valence-electron chi connectivity index (χ3n) is 4.24. The van der Waals surface area contributed by atoms with Crippen molar-refractivity contribution in [2.24, 2.45) is 0 Å². The van der Waals surface area contributed by atoms with E-state index in [0.717, 1.165) is 39.1 Å². The van der Waals surface area contributed by atoms with E-state index in [4.69, 9.17) is 0 Å². The first-order valence-electron chi connectivity index (χ1n) is 8.00. The van der Waals surface area contributed by atoms with Crippen LogP contribution in [-0.4, -0.2) is 8.52 Å². The van der Waals surface area contributed by atoms with Gasteiger partial charge < -0.3 is 0 Å². The van der Waals surface area contributed by atoms with Crippen LogP contribution in [0, 0.1) is 6.92 Å². The van der Waals surface area contributed by atoms with E-state index in [9.17, 15) is 9.59 Å². The summed E-state index contributed by atoms with van der Waals surface area (Å²) in [7, 11) is 0. The van der Waals surface area contributed by atoms with Gasteiger partial charge in [0.15, 0.2) is 0 Å². The maximum absolute atomic E-state index is 12.8. The van der Waals surface area contributed by atoms with E-state index in [-0.39, 0.29) is 17.1 Å². The van der Waals surface area contributed by atoms with Crippen LogP contribution in [-0.2, 0) is 6.54 Å². The van der Waals surface area contributed by atoms with Gasteiger partial charge in [-0.3, -0.25) is 4.79 Å². The molecule has 0 saturated carbocycles. The molecule has 0 aliphatic rings. The lowest BCUT2D eigenvalue weighted by Gasteiger charge is -2.05. The monoisotopic (exact) mass is 348 g/mol. The van der Waals surface area contributed by atoms with Crippen molar-refractivity contribution in [3.05, 3.63) is 98.0 Å². The zero-order valence-electron chi connectivity index (χ0n) is 13.7. The molecule has 25 heavy (non-hydrogen) atoms. The lowest BCUT2D eigenvalue weighted by Crippen LogP contribution is -2.28. The summed E-state index contributed by atoms with van der Waals surface area (Å²) < 4.78 is 2.77. The average Bonchev–Trinajstić information content (AvgIpc) is 2.91. The Labute approximate surface area is 148 Å². The fraction of sp³-hybridized carbons (Fsp3) is 0.100. The highest BCUT2D eigenvalue weighted by molar-refractivity contribution is 7.04. The molecule has 3 aromatic carbocycles. The van der Waals surface area contributed by atoms with Gasteiger partial charge in [-0.2, -0.15) is 0 Å². The summed E-state index contributed by atoms with van der Waals surface area (Å²) in [5, 5.41) is 1.99. The van der Waals surface area contributed by atoms with Crippen LogP contribution in [0.1, 0.15) is 11.1 Å². The number of fused-ring (bicyclic) bond motifs is 1. The molecular formula is C20H16N2O2S. The third-order valence-corrected chi connectivity index (χ3v) is 5.15. The van der Waals surface area contributed by atoms with Gasteiger partial charge in [0, 0.05) is 16.9 Å². The highest BCUT2D eigenvalue weighted by atomic mass is 32.1. The third kappa shape index (κ3) is 2.83. The van der Waals surface area contributed by atoms with Gasteiger partial charge in [-0.25, -0.2) is 13.3 Å². The Morgan fingerprint density at radius 1 is 0.880 bits per heavy atom. The molecule has 4 rings (SSSR count). The van der Waals surface area contributed by atoms with Crippen molar-refractivity contribution in [2.45, 2.75) is 13.5 Å². The highest BCUT2D eigenvalue weighted by Gasteiger charge is 2.14. The Balaban J connectivity index is 1.84. The number of rotatable bonds is 3. The minimum Gasteiger partial charge on any atom is -0.255 e. The van der Waals surface area contributed by atoms with E-state index >= 15 is 0 Å². The maximum atomic E-state index is 12.8. The normalized spacial score (nSPS) is 11.1. The quantitative estimate of drug-likeness (QED) is 0.568. The molecule has 0 bridgehead atoms. The molecular weight excluding hydrogens is 332 g/mol. The molecule has 1 heterocycles. The molecule has 4 nitrogen and oxygen atoms in total. The van der Waals surface area contributed by atoms with Crippen LogP contribution in [0.3, 0.4) is 0 Å². The van der Waals surface area contributed by atoms with Crippen LogP contribution >= 0.6 is 11.5 Å². The molecule has 0 aliphatic heterocycles. The minimum atomic E-state index is -0.299. The Morgan fingerprint density at radius 3 is 2.40 bits per heavy atom. The van der Waals surface area contributed by atoms with Gasteiger partial charge in [0.25, 0.3) is 0 Å². The van der Waals surface area contributed by atoms with Gasteiger partial charge in [0.05, 0.1) is 12.2 Å². The summed E-state index contributed by atoms with van der Waals surface area (Å²) in [5.74, 6) is 0. The van der Waals surface area contributed by atoms with E-state index in [1.54, 1.807) is 0 Å². The van der Waals surface area contributed by atoms with Crippen molar-refractivity contribution < 1.29 is 0 Å². The van der Waals surface area contributed by atoms with Crippen molar-refractivity contribution in [3.63, 3.8) is 0 Å². The van der Waals surface area contributed by atoms with E-state index in [2.05, 4.69) is 0 Å². The Kier molecular flexibility index (Phi) is 3.86. The Morgan fingerprint density at radius 2 is 1.60 bits per heavy atom. The molecule has 0 saturated heterocycles. The van der Waals surface area contributed by atoms with Crippen LogP contribution in [0.25, 0.3) is 16.5 Å². The molecule has 0 aliphatic carbocycles. The molecule has 0 unspecified atom stereocenters. The largest absolute Gasteiger partial charge is 0.346 e. The number of aryl methyl sites for hydroxylation is 1. The van der Waals surface area contributed by atoms with E-state index in [0.29, 0.717) is 0 Å². The number of hydrogen-bond acceptors (Lipinski definition) is 3. The van der Waals surface area contributed by atoms with Crippen LogP contribution < -0.4 is 10.6 Å². The molecule has 124 valence electrons.